The quantitative estimate of drug-likeness (QED) is 0.617. The number of para-hydroxylation sites is 1. The summed E-state index contributed by atoms with van der Waals surface area (Å²) in [4.78, 5) is 14.0. The summed E-state index contributed by atoms with van der Waals surface area (Å²) in [6.07, 6.45) is 0. The Morgan fingerprint density at radius 1 is 1.09 bits per heavy atom. The Morgan fingerprint density at radius 3 is 2.45 bits per heavy atom. The van der Waals surface area contributed by atoms with Gasteiger partial charge in [0.2, 0.25) is 5.37 Å². The summed E-state index contributed by atoms with van der Waals surface area (Å²) in [5.41, 5.74) is 2.64. The molecule has 1 aliphatic heterocycles. The highest BCUT2D eigenvalue weighted by atomic mass is 32.2. The Hall–Kier alpha value is -2.05. The SMILES string of the molecule is Cc1ccc(N=NC2SC(=S)N(c3ccccc3)C2=O)cc1. The van der Waals surface area contributed by atoms with Crippen molar-refractivity contribution >= 4 is 45.6 Å². The van der Waals surface area contributed by atoms with Gasteiger partial charge in [-0.2, -0.15) is 10.2 Å². The Morgan fingerprint density at radius 2 is 1.77 bits per heavy atom. The molecule has 4 nitrogen and oxygen atoms in total. The second-order valence-electron chi connectivity index (χ2n) is 4.80. The second kappa shape index (κ2) is 6.37. The molecule has 0 spiro atoms. The van der Waals surface area contributed by atoms with Gasteiger partial charge in [0.15, 0.2) is 0 Å². The van der Waals surface area contributed by atoms with Crippen LogP contribution < -0.4 is 4.90 Å². The van der Waals surface area contributed by atoms with Gasteiger partial charge in [-0.15, -0.1) is 0 Å². The fourth-order valence-electron chi connectivity index (χ4n) is 2.01. The van der Waals surface area contributed by atoms with Gasteiger partial charge in [-0.05, 0) is 31.2 Å². The van der Waals surface area contributed by atoms with Gasteiger partial charge in [0.05, 0.1) is 11.4 Å². The van der Waals surface area contributed by atoms with Gasteiger partial charge in [0.1, 0.15) is 4.32 Å². The summed E-state index contributed by atoms with van der Waals surface area (Å²) < 4.78 is 0.504. The number of azo groups is 1. The highest BCUT2D eigenvalue weighted by Crippen LogP contribution is 2.33. The number of carbonyl (C=O) groups excluding carboxylic acids is 1. The van der Waals surface area contributed by atoms with Gasteiger partial charge in [-0.3, -0.25) is 9.69 Å². The van der Waals surface area contributed by atoms with E-state index in [1.165, 1.54) is 16.7 Å². The Kier molecular flexibility index (Phi) is 4.31. The van der Waals surface area contributed by atoms with Crippen LogP contribution in [0.1, 0.15) is 5.56 Å². The lowest BCUT2D eigenvalue weighted by molar-refractivity contribution is -0.116. The number of amides is 1. The monoisotopic (exact) mass is 327 g/mol. The van der Waals surface area contributed by atoms with E-state index < -0.39 is 5.37 Å². The molecule has 1 saturated heterocycles. The first-order chi connectivity index (χ1) is 10.6. The molecule has 6 heteroatoms. The topological polar surface area (TPSA) is 45.0 Å². The minimum absolute atomic E-state index is 0.155. The first-order valence-corrected chi connectivity index (χ1v) is 8.01. The van der Waals surface area contributed by atoms with Gasteiger partial charge in [-0.25, -0.2) is 0 Å². The van der Waals surface area contributed by atoms with Gasteiger partial charge in [0.25, 0.3) is 5.91 Å². The van der Waals surface area contributed by atoms with Crippen LogP contribution in [0.5, 0.6) is 0 Å². The maximum absolute atomic E-state index is 12.5. The average molecular weight is 327 g/mol. The zero-order valence-electron chi connectivity index (χ0n) is 11.8. The summed E-state index contributed by atoms with van der Waals surface area (Å²) in [5, 5.41) is 7.66. The largest absolute Gasteiger partial charge is 0.270 e. The number of thioether (sulfide) groups is 1. The van der Waals surface area contributed by atoms with Crippen LogP contribution in [0.3, 0.4) is 0 Å². The van der Waals surface area contributed by atoms with Crippen molar-refractivity contribution in [1.82, 2.24) is 0 Å². The van der Waals surface area contributed by atoms with Crippen LogP contribution in [0.25, 0.3) is 0 Å². The van der Waals surface area contributed by atoms with Crippen LogP contribution in [-0.2, 0) is 4.79 Å². The first kappa shape index (κ1) is 14.9. The predicted octanol–water partition coefficient (Wildman–Crippen LogP) is 4.47. The molecule has 22 heavy (non-hydrogen) atoms. The van der Waals surface area contributed by atoms with Crippen molar-refractivity contribution in [3.05, 3.63) is 60.2 Å². The van der Waals surface area contributed by atoms with Gasteiger partial charge < -0.3 is 0 Å². The summed E-state index contributed by atoms with van der Waals surface area (Å²) >= 11 is 6.54. The van der Waals surface area contributed by atoms with E-state index in [-0.39, 0.29) is 5.91 Å². The van der Waals surface area contributed by atoms with E-state index in [2.05, 4.69) is 10.2 Å². The van der Waals surface area contributed by atoms with Crippen molar-refractivity contribution in [3.8, 4) is 0 Å². The molecule has 1 unspecified atom stereocenters. The predicted molar refractivity (Wildman–Crippen MR) is 93.6 cm³/mol. The van der Waals surface area contributed by atoms with Crippen LogP contribution in [0.15, 0.2) is 64.8 Å². The van der Waals surface area contributed by atoms with E-state index in [4.69, 9.17) is 12.2 Å². The zero-order valence-corrected chi connectivity index (χ0v) is 13.5. The number of hydrogen-bond acceptors (Lipinski definition) is 5. The number of thiocarbonyl (C=S) groups is 1. The lowest BCUT2D eigenvalue weighted by atomic mass is 10.2. The van der Waals surface area contributed by atoms with Crippen LogP contribution in [0.2, 0.25) is 0 Å². The maximum Gasteiger partial charge on any atom is 0.270 e. The first-order valence-electron chi connectivity index (χ1n) is 6.72. The Balaban J connectivity index is 1.78. The van der Waals surface area contributed by atoms with E-state index in [0.717, 1.165) is 16.9 Å². The van der Waals surface area contributed by atoms with Crippen molar-refractivity contribution in [2.45, 2.75) is 12.3 Å². The van der Waals surface area contributed by atoms with Crippen molar-refractivity contribution in [3.63, 3.8) is 0 Å². The molecule has 1 amide bonds. The molecule has 1 aliphatic rings. The van der Waals surface area contributed by atoms with Crippen molar-refractivity contribution in [2.75, 3.05) is 4.90 Å². The summed E-state index contributed by atoms with van der Waals surface area (Å²) in [7, 11) is 0. The highest BCUT2D eigenvalue weighted by Gasteiger charge is 2.38. The average Bonchev–Trinajstić information content (AvgIpc) is 2.82. The Bertz CT molecular complexity index is 729. The number of hydrogen-bond donors (Lipinski definition) is 0. The molecule has 1 fully saturated rings. The van der Waals surface area contributed by atoms with Crippen molar-refractivity contribution < 1.29 is 4.79 Å². The fraction of sp³-hybridized carbons (Fsp3) is 0.125. The van der Waals surface area contributed by atoms with Crippen LogP contribution in [0.4, 0.5) is 11.4 Å². The van der Waals surface area contributed by atoms with Crippen molar-refractivity contribution in [1.29, 1.82) is 0 Å². The van der Waals surface area contributed by atoms with Crippen LogP contribution in [0, 0.1) is 6.92 Å². The third kappa shape index (κ3) is 3.08. The normalized spacial score (nSPS) is 18.4. The van der Waals surface area contributed by atoms with E-state index >= 15 is 0 Å². The highest BCUT2D eigenvalue weighted by molar-refractivity contribution is 8.25. The number of aryl methyl sites for hydroxylation is 1. The second-order valence-corrected chi connectivity index (χ2v) is 6.51. The molecule has 0 saturated carbocycles. The van der Waals surface area contributed by atoms with Gasteiger partial charge in [0, 0.05) is 0 Å². The summed E-state index contributed by atoms with van der Waals surface area (Å²) in [5.74, 6) is -0.155. The smallest absolute Gasteiger partial charge is 0.270 e. The molecule has 0 bridgehead atoms. The minimum Gasteiger partial charge on any atom is -0.270 e. The molecule has 0 aliphatic carbocycles. The fourth-order valence-corrected chi connectivity index (χ4v) is 3.27. The minimum atomic E-state index is -0.617. The lowest BCUT2D eigenvalue weighted by Gasteiger charge is -2.14. The molecular weight excluding hydrogens is 314 g/mol. The standard InChI is InChI=1S/C16H13N3OS2/c1-11-7-9-12(10-8-11)17-18-14-15(20)19(16(21)22-14)13-5-3-2-4-6-13/h2-10,14H,1H3. The molecule has 0 radical (unpaired) electrons. The molecule has 0 N–H and O–H groups in total. The van der Waals surface area contributed by atoms with E-state index in [1.54, 1.807) is 0 Å². The summed E-state index contributed by atoms with van der Waals surface area (Å²) in [6.45, 7) is 2.01. The molecule has 1 atom stereocenters. The number of nitrogens with zero attached hydrogens (tertiary/aromatic N) is 3. The molecule has 3 rings (SSSR count). The molecule has 2 aromatic carbocycles. The zero-order chi connectivity index (χ0) is 15.5. The van der Waals surface area contributed by atoms with E-state index in [1.807, 2.05) is 61.5 Å². The number of anilines is 1. The molecule has 1 heterocycles. The van der Waals surface area contributed by atoms with Crippen molar-refractivity contribution in [2.24, 2.45) is 10.2 Å². The van der Waals surface area contributed by atoms with Crippen LogP contribution >= 0.6 is 24.0 Å². The van der Waals surface area contributed by atoms with Gasteiger partial charge in [-0.1, -0.05) is 59.9 Å². The Labute approximate surface area is 138 Å². The van der Waals surface area contributed by atoms with E-state index in [9.17, 15) is 4.79 Å². The third-order valence-electron chi connectivity index (χ3n) is 3.15. The maximum atomic E-state index is 12.5. The van der Waals surface area contributed by atoms with Gasteiger partial charge >= 0.3 is 0 Å². The third-order valence-corrected chi connectivity index (χ3v) is 4.53. The number of benzene rings is 2. The molecule has 0 aromatic heterocycles. The molecule has 110 valence electrons. The number of rotatable bonds is 3. The van der Waals surface area contributed by atoms with E-state index in [0.29, 0.717) is 4.32 Å². The number of carbonyl (C=O) groups is 1. The lowest BCUT2D eigenvalue weighted by Crippen LogP contribution is -2.30. The summed E-state index contributed by atoms with van der Waals surface area (Å²) in [6, 6.07) is 17.0. The molecule has 2 aromatic rings. The van der Waals surface area contributed by atoms with Crippen LogP contribution in [-0.4, -0.2) is 15.6 Å². The molecular formula is C16H13N3OS2.